The number of esters is 1. The number of phosphoric acid groups is 1. The van der Waals surface area contributed by atoms with Gasteiger partial charge in [0.2, 0.25) is 0 Å². The third-order valence-electron chi connectivity index (χ3n) is 12.8. The molecular formula is C54H111NO7P+. The fraction of sp³-hybridized carbons (Fsp3) is 0.981. The Hall–Kier alpha value is -0.500. The quantitative estimate of drug-likeness (QED) is 0.0281. The second-order valence-corrected chi connectivity index (χ2v) is 21.8. The van der Waals surface area contributed by atoms with Crippen LogP contribution in [0.2, 0.25) is 0 Å². The maximum Gasteiger partial charge on any atom is 0.472 e. The van der Waals surface area contributed by atoms with Crippen molar-refractivity contribution in [2.75, 3.05) is 54.1 Å². The highest BCUT2D eigenvalue weighted by atomic mass is 31.2. The van der Waals surface area contributed by atoms with E-state index in [0.29, 0.717) is 17.6 Å². The van der Waals surface area contributed by atoms with Crippen LogP contribution >= 0.6 is 7.82 Å². The summed E-state index contributed by atoms with van der Waals surface area (Å²) in [6, 6.07) is 0. The Labute approximate surface area is 393 Å². The molecule has 0 radical (unpaired) electrons. The molecule has 0 fully saturated rings. The van der Waals surface area contributed by atoms with Gasteiger partial charge in [-0.3, -0.25) is 13.8 Å². The predicted octanol–water partition coefficient (Wildman–Crippen LogP) is 17.0. The molecule has 378 valence electrons. The molecule has 0 aliphatic heterocycles. The molecule has 0 heterocycles. The molecular weight excluding hydrogens is 806 g/mol. The van der Waals surface area contributed by atoms with Gasteiger partial charge in [-0.05, 0) is 19.3 Å². The van der Waals surface area contributed by atoms with Crippen molar-refractivity contribution < 1.29 is 37.3 Å². The number of carbonyl (C=O) groups is 1. The molecule has 0 aliphatic rings. The van der Waals surface area contributed by atoms with Gasteiger partial charge in [0.25, 0.3) is 0 Å². The van der Waals surface area contributed by atoms with Gasteiger partial charge in [-0.2, -0.15) is 0 Å². The van der Waals surface area contributed by atoms with E-state index in [0.717, 1.165) is 51.4 Å². The van der Waals surface area contributed by atoms with Gasteiger partial charge in [-0.1, -0.05) is 258 Å². The number of carbonyl (C=O) groups excluding carboxylic acids is 1. The average molecular weight is 917 g/mol. The van der Waals surface area contributed by atoms with E-state index in [9.17, 15) is 14.3 Å². The van der Waals surface area contributed by atoms with Crippen LogP contribution in [0.3, 0.4) is 0 Å². The van der Waals surface area contributed by atoms with E-state index in [1.807, 2.05) is 21.1 Å². The molecule has 1 unspecified atom stereocenters. The summed E-state index contributed by atoms with van der Waals surface area (Å²) in [5, 5.41) is 0. The average Bonchev–Trinajstić information content (AvgIpc) is 3.25. The molecule has 2 atom stereocenters. The molecule has 0 saturated carbocycles. The summed E-state index contributed by atoms with van der Waals surface area (Å²) in [6.07, 6.45) is 50.3. The summed E-state index contributed by atoms with van der Waals surface area (Å²) in [4.78, 5) is 24.2. The summed E-state index contributed by atoms with van der Waals surface area (Å²) in [5.74, 6) is -0.274. The number of rotatable bonds is 52. The van der Waals surface area contributed by atoms with Crippen molar-refractivity contribution in [3.05, 3.63) is 0 Å². The molecule has 0 aliphatic carbocycles. The van der Waals surface area contributed by atoms with Gasteiger partial charge in [0.15, 0.2) is 0 Å². The number of hydrogen-bond acceptors (Lipinski definition) is 6. The Kier molecular flexibility index (Phi) is 46.2. The highest BCUT2D eigenvalue weighted by Gasteiger charge is 2.27. The lowest BCUT2D eigenvalue weighted by molar-refractivity contribution is -0.870. The molecule has 63 heavy (non-hydrogen) atoms. The molecule has 0 aromatic rings. The first-order valence-corrected chi connectivity index (χ1v) is 29.2. The minimum atomic E-state index is -4.28. The topological polar surface area (TPSA) is 91.3 Å². The number of unbranched alkanes of at least 4 members (excludes halogenated alkanes) is 35. The molecule has 0 bridgehead atoms. The van der Waals surface area contributed by atoms with E-state index in [1.165, 1.54) is 205 Å². The van der Waals surface area contributed by atoms with Crippen molar-refractivity contribution in [2.45, 2.75) is 284 Å². The predicted molar refractivity (Wildman–Crippen MR) is 271 cm³/mol. The van der Waals surface area contributed by atoms with Crippen LogP contribution in [0.1, 0.15) is 278 Å². The van der Waals surface area contributed by atoms with E-state index >= 15 is 0 Å². The van der Waals surface area contributed by atoms with Crippen LogP contribution in [0.25, 0.3) is 0 Å². The number of ether oxygens (including phenoxy) is 2. The highest BCUT2D eigenvalue weighted by molar-refractivity contribution is 7.47. The SMILES string of the molecule is CCCCCCCCCCCCCCCCO[C@H](COC(=O)C(CCCCCCCCCCCCCC)CCCCCCCCCCCCCC)COP(=O)(O)OCC[N+](C)(C)C. The number of nitrogens with zero attached hydrogens (tertiary/aromatic N) is 1. The lowest BCUT2D eigenvalue weighted by Gasteiger charge is -2.24. The molecule has 0 amide bonds. The normalized spacial score (nSPS) is 13.5. The summed E-state index contributed by atoms with van der Waals surface area (Å²) in [7, 11) is 1.74. The van der Waals surface area contributed by atoms with Crippen molar-refractivity contribution >= 4 is 13.8 Å². The van der Waals surface area contributed by atoms with Crippen LogP contribution in [-0.2, 0) is 27.9 Å². The minimum Gasteiger partial charge on any atom is -0.463 e. The first kappa shape index (κ1) is 62.5. The lowest BCUT2D eigenvalue weighted by atomic mass is 9.94. The van der Waals surface area contributed by atoms with Crippen LogP contribution in [0, 0.1) is 5.92 Å². The zero-order chi connectivity index (χ0) is 46.4. The standard InChI is InChI=1S/C54H110NO7P/c1-7-10-13-16-19-22-25-28-29-32-35-38-41-44-48-59-53(51-62-63(57,58)61-49-47-55(4,5)6)50-60-54(56)52(45-42-39-36-33-30-26-23-20-17-14-11-8-2)46-43-40-37-34-31-27-24-21-18-15-12-9-3/h52-53H,7-51H2,1-6H3/p+1/t53-/m1/s1. The maximum absolute atomic E-state index is 13.7. The number of hydrogen-bond donors (Lipinski definition) is 1. The van der Waals surface area contributed by atoms with E-state index in [-0.39, 0.29) is 31.7 Å². The third kappa shape index (κ3) is 47.8. The number of quaternary nitrogens is 1. The van der Waals surface area contributed by atoms with E-state index in [2.05, 4.69) is 20.8 Å². The smallest absolute Gasteiger partial charge is 0.463 e. The van der Waals surface area contributed by atoms with Crippen molar-refractivity contribution in [1.29, 1.82) is 0 Å². The number of phosphoric ester groups is 1. The summed E-state index contributed by atoms with van der Waals surface area (Å²) < 4.78 is 36.3. The monoisotopic (exact) mass is 917 g/mol. The van der Waals surface area contributed by atoms with Crippen molar-refractivity contribution in [3.63, 3.8) is 0 Å². The molecule has 8 nitrogen and oxygen atoms in total. The van der Waals surface area contributed by atoms with Gasteiger partial charge in [0.05, 0.1) is 33.7 Å². The third-order valence-corrected chi connectivity index (χ3v) is 13.8. The second-order valence-electron chi connectivity index (χ2n) is 20.4. The molecule has 9 heteroatoms. The van der Waals surface area contributed by atoms with E-state index in [1.54, 1.807) is 0 Å². The van der Waals surface area contributed by atoms with Crippen molar-refractivity contribution in [1.82, 2.24) is 0 Å². The minimum absolute atomic E-state index is 0.0176. The van der Waals surface area contributed by atoms with Crippen LogP contribution in [0.4, 0.5) is 0 Å². The Balaban J connectivity index is 5.00. The first-order chi connectivity index (χ1) is 30.5. The molecule has 0 rings (SSSR count). The van der Waals surface area contributed by atoms with Gasteiger partial charge in [0.1, 0.15) is 25.9 Å². The van der Waals surface area contributed by atoms with Gasteiger partial charge in [0, 0.05) is 6.61 Å². The van der Waals surface area contributed by atoms with E-state index < -0.39 is 13.9 Å². The van der Waals surface area contributed by atoms with E-state index in [4.69, 9.17) is 18.5 Å². The Bertz CT molecular complexity index is 964. The fourth-order valence-electron chi connectivity index (χ4n) is 8.47. The maximum atomic E-state index is 13.7. The zero-order valence-electron chi connectivity index (χ0n) is 43.3. The molecule has 0 saturated heterocycles. The Morgan fingerprint density at radius 2 is 0.762 bits per heavy atom. The fourth-order valence-corrected chi connectivity index (χ4v) is 9.21. The number of likely N-dealkylation sites (N-methyl/N-ethyl adjacent to an activating group) is 1. The Morgan fingerprint density at radius 3 is 1.10 bits per heavy atom. The van der Waals surface area contributed by atoms with Gasteiger partial charge in [-0.15, -0.1) is 0 Å². The summed E-state index contributed by atoms with van der Waals surface area (Å²) >= 11 is 0. The van der Waals surface area contributed by atoms with Gasteiger partial charge < -0.3 is 18.9 Å². The van der Waals surface area contributed by atoms with Crippen LogP contribution in [0.15, 0.2) is 0 Å². The second kappa shape index (κ2) is 46.6. The van der Waals surface area contributed by atoms with Gasteiger partial charge >= 0.3 is 13.8 Å². The zero-order valence-corrected chi connectivity index (χ0v) is 44.2. The lowest BCUT2D eigenvalue weighted by Crippen LogP contribution is -2.37. The van der Waals surface area contributed by atoms with Crippen LogP contribution in [-0.4, -0.2) is 75.6 Å². The van der Waals surface area contributed by atoms with Crippen LogP contribution in [0.5, 0.6) is 0 Å². The van der Waals surface area contributed by atoms with Gasteiger partial charge in [-0.25, -0.2) is 4.57 Å². The molecule has 0 spiro atoms. The van der Waals surface area contributed by atoms with Crippen LogP contribution < -0.4 is 0 Å². The molecule has 0 aromatic heterocycles. The van der Waals surface area contributed by atoms with Crippen molar-refractivity contribution in [3.8, 4) is 0 Å². The largest absolute Gasteiger partial charge is 0.472 e. The Morgan fingerprint density at radius 1 is 0.444 bits per heavy atom. The van der Waals surface area contributed by atoms with Crippen molar-refractivity contribution in [2.24, 2.45) is 5.92 Å². The summed E-state index contributed by atoms with van der Waals surface area (Å²) in [6.45, 7) is 7.87. The highest BCUT2D eigenvalue weighted by Crippen LogP contribution is 2.43. The molecule has 0 aromatic carbocycles. The first-order valence-electron chi connectivity index (χ1n) is 27.7. The summed E-state index contributed by atoms with van der Waals surface area (Å²) in [5.41, 5.74) is 0. The molecule has 1 N–H and O–H groups in total.